The fourth-order valence-corrected chi connectivity index (χ4v) is 7.20. The summed E-state index contributed by atoms with van der Waals surface area (Å²) in [5.41, 5.74) is 4.30. The predicted molar refractivity (Wildman–Crippen MR) is 201 cm³/mol. The van der Waals surface area contributed by atoms with Crippen LogP contribution in [0, 0.1) is 5.92 Å². The Bertz CT molecular complexity index is 1710. The highest BCUT2D eigenvalue weighted by Gasteiger charge is 2.32. The molecule has 0 bridgehead atoms. The van der Waals surface area contributed by atoms with Crippen molar-refractivity contribution in [2.45, 2.75) is 44.7 Å². The molecule has 49 heavy (non-hydrogen) atoms. The van der Waals surface area contributed by atoms with Crippen LogP contribution in [0.3, 0.4) is 0 Å². The van der Waals surface area contributed by atoms with Gasteiger partial charge in [-0.3, -0.25) is 14.7 Å². The van der Waals surface area contributed by atoms with Gasteiger partial charge in [0.25, 0.3) is 0 Å². The van der Waals surface area contributed by atoms with E-state index in [9.17, 15) is 9.59 Å². The molecule has 3 aromatic carbocycles. The molecule has 10 heteroatoms. The van der Waals surface area contributed by atoms with Crippen LogP contribution in [0.5, 0.6) is 5.75 Å². The van der Waals surface area contributed by atoms with E-state index < -0.39 is 12.1 Å². The summed E-state index contributed by atoms with van der Waals surface area (Å²) in [6.45, 7) is 7.17. The van der Waals surface area contributed by atoms with Crippen LogP contribution in [0.4, 0.5) is 10.5 Å². The first-order valence-electron chi connectivity index (χ1n) is 17.3. The van der Waals surface area contributed by atoms with E-state index in [1.165, 1.54) is 36.3 Å². The van der Waals surface area contributed by atoms with Gasteiger partial charge in [0.1, 0.15) is 11.8 Å². The summed E-state index contributed by atoms with van der Waals surface area (Å²) in [5.74, 6) is 2.27. The van der Waals surface area contributed by atoms with Crippen LogP contribution in [0.25, 0.3) is 10.9 Å². The number of halogens is 1. The Morgan fingerprint density at radius 3 is 2.55 bits per heavy atom. The number of benzene rings is 3. The number of aromatic nitrogens is 1. The molecule has 2 atom stereocenters. The van der Waals surface area contributed by atoms with Crippen molar-refractivity contribution in [1.29, 1.82) is 0 Å². The zero-order valence-electron chi connectivity index (χ0n) is 28.4. The van der Waals surface area contributed by atoms with E-state index in [2.05, 4.69) is 57.5 Å². The van der Waals surface area contributed by atoms with Crippen molar-refractivity contribution < 1.29 is 14.3 Å². The first kappa shape index (κ1) is 35.1. The fourth-order valence-electron chi connectivity index (χ4n) is 6.65. The fraction of sp³-hybridized carbons (Fsp3) is 0.410. The third kappa shape index (κ3) is 9.47. The van der Waals surface area contributed by atoms with Gasteiger partial charge in [-0.25, -0.2) is 4.79 Å². The molecule has 1 aromatic heterocycles. The Morgan fingerprint density at radius 2 is 1.80 bits per heavy atom. The average Bonchev–Trinajstić information content (AvgIpc) is 3.95. The molecule has 2 amide bonds. The number of hydrogen-bond donors (Lipinski definition) is 1. The van der Waals surface area contributed by atoms with Gasteiger partial charge in [0, 0.05) is 67.5 Å². The predicted octanol–water partition coefficient (Wildman–Crippen LogP) is 7.46. The Hall–Kier alpha value is -3.79. The van der Waals surface area contributed by atoms with Crippen molar-refractivity contribution in [3.8, 4) is 5.75 Å². The number of nitrogens with zero attached hydrogens (tertiary/aromatic N) is 4. The van der Waals surface area contributed by atoms with Gasteiger partial charge in [-0.05, 0) is 104 Å². The highest BCUT2D eigenvalue weighted by Crippen LogP contribution is 2.36. The number of nitrogens with one attached hydrogen (secondary N) is 1. The monoisotopic (exact) mass is 699 g/mol. The van der Waals surface area contributed by atoms with E-state index in [1.54, 1.807) is 30.5 Å². The lowest BCUT2D eigenvalue weighted by molar-refractivity contribution is -0.133. The van der Waals surface area contributed by atoms with E-state index in [-0.39, 0.29) is 5.91 Å². The van der Waals surface area contributed by atoms with E-state index >= 15 is 0 Å². The summed E-state index contributed by atoms with van der Waals surface area (Å²) < 4.78 is 5.65. The lowest BCUT2D eigenvalue weighted by Gasteiger charge is -2.40. The zero-order valence-corrected chi connectivity index (χ0v) is 30.0. The molecule has 2 fully saturated rings. The van der Waals surface area contributed by atoms with Gasteiger partial charge in [-0.15, -0.1) is 0 Å². The van der Waals surface area contributed by atoms with Crippen LogP contribution < -0.4 is 15.0 Å². The highest BCUT2D eigenvalue weighted by atomic mass is 35.5. The second-order valence-corrected chi connectivity index (χ2v) is 14.5. The number of thioether (sulfide) groups is 1. The molecule has 0 radical (unpaired) electrons. The Morgan fingerprint density at radius 1 is 1.02 bits per heavy atom. The molecule has 1 saturated carbocycles. The van der Waals surface area contributed by atoms with Gasteiger partial charge in [-0.2, -0.15) is 11.8 Å². The molecular formula is C39H46ClN5O3S. The van der Waals surface area contributed by atoms with Crippen LogP contribution in [0.2, 0.25) is 5.02 Å². The maximum atomic E-state index is 14.1. The van der Waals surface area contributed by atoms with Crippen molar-refractivity contribution in [1.82, 2.24) is 20.1 Å². The molecule has 4 aromatic rings. The number of para-hydroxylation sites is 1. The number of hydrogen-bond acceptors (Lipinski definition) is 7. The first-order valence-corrected chi connectivity index (χ1v) is 19.1. The molecule has 2 heterocycles. The van der Waals surface area contributed by atoms with Gasteiger partial charge >= 0.3 is 6.09 Å². The molecule has 1 N–H and O–H groups in total. The van der Waals surface area contributed by atoms with Crippen molar-refractivity contribution in [3.63, 3.8) is 0 Å². The van der Waals surface area contributed by atoms with Gasteiger partial charge in [-0.1, -0.05) is 48.0 Å². The molecule has 2 aliphatic rings. The van der Waals surface area contributed by atoms with Crippen molar-refractivity contribution in [2.24, 2.45) is 5.92 Å². The van der Waals surface area contributed by atoms with E-state index in [0.29, 0.717) is 49.4 Å². The van der Waals surface area contributed by atoms with Gasteiger partial charge in [0.05, 0.1) is 5.52 Å². The standard InChI is InChI=1S/C39H46ClN5O3S/c1-28(45(19-6-24-49-2)27-30-10-11-30)34-8-3-4-9-37(34)43-20-22-44(23-21-43)38(46)36(25-29-12-14-32(40)15-13-29)42-39(47)48-33-16-17-35-31(26-33)7-5-18-41-35/h3-5,7-9,12-18,26,28,30,36H,6,10-11,19-25,27H2,1-2H3,(H,42,47). The number of pyridine rings is 1. The van der Waals surface area contributed by atoms with Crippen molar-refractivity contribution in [2.75, 3.05) is 56.2 Å². The number of rotatable bonds is 14. The minimum atomic E-state index is -0.799. The number of ether oxygens (including phenoxy) is 1. The summed E-state index contributed by atoms with van der Waals surface area (Å²) in [5, 5.41) is 4.35. The van der Waals surface area contributed by atoms with Crippen LogP contribution in [0.1, 0.15) is 43.4 Å². The largest absolute Gasteiger partial charge is 0.413 e. The lowest BCUT2D eigenvalue weighted by Crippen LogP contribution is -2.56. The van der Waals surface area contributed by atoms with E-state index in [0.717, 1.165) is 35.5 Å². The Labute approximate surface area is 299 Å². The number of fused-ring (bicyclic) bond motifs is 1. The number of piperazine rings is 1. The minimum absolute atomic E-state index is 0.125. The Balaban J connectivity index is 1.12. The van der Waals surface area contributed by atoms with Crippen LogP contribution in [-0.4, -0.2) is 84.1 Å². The molecule has 1 aliphatic carbocycles. The second-order valence-electron chi connectivity index (χ2n) is 13.1. The normalized spacial score (nSPS) is 16.1. The molecule has 258 valence electrons. The van der Waals surface area contributed by atoms with Crippen LogP contribution in [0.15, 0.2) is 85.1 Å². The lowest BCUT2D eigenvalue weighted by atomic mass is 10.0. The highest BCUT2D eigenvalue weighted by molar-refractivity contribution is 7.98. The number of amides is 2. The second kappa shape index (κ2) is 16.7. The molecule has 1 aliphatic heterocycles. The minimum Gasteiger partial charge on any atom is -0.410 e. The topological polar surface area (TPSA) is 78.0 Å². The number of carbonyl (C=O) groups is 2. The quantitative estimate of drug-likeness (QED) is 0.137. The summed E-state index contributed by atoms with van der Waals surface area (Å²) in [4.78, 5) is 38.5. The maximum Gasteiger partial charge on any atom is 0.413 e. The first-order chi connectivity index (χ1) is 23.9. The molecule has 8 nitrogen and oxygen atoms in total. The third-order valence-electron chi connectivity index (χ3n) is 9.58. The number of carbonyl (C=O) groups excluding carboxylic acids is 2. The summed E-state index contributed by atoms with van der Waals surface area (Å²) in [6.07, 6.45) is 7.43. The smallest absolute Gasteiger partial charge is 0.410 e. The Kier molecular flexibility index (Phi) is 12.0. The van der Waals surface area contributed by atoms with Gasteiger partial charge < -0.3 is 19.9 Å². The van der Waals surface area contributed by atoms with E-state index in [1.807, 2.05) is 47.0 Å². The summed E-state index contributed by atoms with van der Waals surface area (Å²) >= 11 is 8.05. The van der Waals surface area contributed by atoms with Gasteiger partial charge in [0.15, 0.2) is 0 Å². The molecule has 1 saturated heterocycles. The molecule has 2 unspecified atom stereocenters. The van der Waals surface area contributed by atoms with E-state index in [4.69, 9.17) is 16.3 Å². The average molecular weight is 700 g/mol. The third-order valence-corrected chi connectivity index (χ3v) is 10.5. The van der Waals surface area contributed by atoms with Crippen LogP contribution >= 0.6 is 23.4 Å². The zero-order chi connectivity index (χ0) is 34.2. The van der Waals surface area contributed by atoms with Crippen LogP contribution in [-0.2, 0) is 11.2 Å². The maximum absolute atomic E-state index is 14.1. The van der Waals surface area contributed by atoms with Crippen molar-refractivity contribution in [3.05, 3.63) is 101 Å². The molecular weight excluding hydrogens is 654 g/mol. The summed E-state index contributed by atoms with van der Waals surface area (Å²) in [6, 6.07) is 24.7. The SMILES string of the molecule is CSCCCN(CC1CC1)C(C)c1ccccc1N1CCN(C(=O)C(Cc2ccc(Cl)cc2)NC(=O)Oc2ccc3ncccc3c2)CC1. The number of anilines is 1. The van der Waals surface area contributed by atoms with Crippen molar-refractivity contribution >= 4 is 52.0 Å². The van der Waals surface area contributed by atoms with Gasteiger partial charge in [0.2, 0.25) is 5.91 Å². The summed E-state index contributed by atoms with van der Waals surface area (Å²) in [7, 11) is 0. The molecule has 0 spiro atoms. The molecule has 6 rings (SSSR count).